The van der Waals surface area contributed by atoms with Crippen LogP contribution in [0.1, 0.15) is 0 Å². The molecule has 0 bridgehead atoms. The molecule has 0 saturated carbocycles. The average Bonchev–Trinajstić information content (AvgIpc) is 3.61. The lowest BCUT2D eigenvalue weighted by Crippen LogP contribution is -2.09. The first kappa shape index (κ1) is 30.4. The van der Waals surface area contributed by atoms with Crippen LogP contribution in [-0.4, -0.2) is 0 Å². The van der Waals surface area contributed by atoms with Gasteiger partial charge in [0, 0.05) is 42.6 Å². The molecule has 0 aliphatic rings. The van der Waals surface area contributed by atoms with Crippen molar-refractivity contribution in [1.29, 1.82) is 0 Å². The Morgan fingerprint density at radius 2 is 0.865 bits per heavy atom. The molecule has 1 aromatic heterocycles. The molecule has 9 aromatic carbocycles. The Morgan fingerprint density at radius 3 is 1.60 bits per heavy atom. The van der Waals surface area contributed by atoms with Crippen molar-refractivity contribution >= 4 is 70.1 Å². The van der Waals surface area contributed by atoms with Gasteiger partial charge in [-0.2, -0.15) is 0 Å². The second-order valence-electron chi connectivity index (χ2n) is 13.3. The average molecular weight is 680 g/mol. The van der Waals surface area contributed by atoms with Gasteiger partial charge in [0.2, 0.25) is 0 Å². The van der Waals surface area contributed by atoms with Gasteiger partial charge in [0.1, 0.15) is 0 Å². The van der Waals surface area contributed by atoms with E-state index in [1.54, 1.807) is 0 Å². The lowest BCUT2D eigenvalue weighted by Gasteiger charge is -2.26. The molecule has 0 N–H and O–H groups in total. The van der Waals surface area contributed by atoms with Crippen molar-refractivity contribution in [2.45, 2.75) is 0 Å². The standard InChI is InChI=1S/C50H33NS/c1-2-9-34(10-3-1)36-19-26-42(27-20-36)51(43-28-21-37(22-29-43)41-18-17-35-11-4-5-12-40(35)33-41)44-30-23-38(24-31-44)45-15-8-13-39-25-32-47-46-14-6-7-16-48(46)52-50(47)49(39)45/h1-33H. The Kier molecular flexibility index (Phi) is 7.41. The van der Waals surface area contributed by atoms with Gasteiger partial charge in [-0.25, -0.2) is 0 Å². The lowest BCUT2D eigenvalue weighted by atomic mass is 9.96. The summed E-state index contributed by atoms with van der Waals surface area (Å²) < 4.78 is 2.68. The van der Waals surface area contributed by atoms with E-state index < -0.39 is 0 Å². The Hall–Kier alpha value is -6.48. The highest BCUT2D eigenvalue weighted by Gasteiger charge is 2.16. The van der Waals surface area contributed by atoms with Crippen LogP contribution < -0.4 is 4.90 Å². The van der Waals surface area contributed by atoms with Crippen LogP contribution in [-0.2, 0) is 0 Å². The SMILES string of the molecule is c1ccc(-c2ccc(N(c3ccc(-c4ccc5ccccc5c4)cc3)c3ccc(-c4cccc5ccc6c7ccccc7sc6c45)cc3)cc2)cc1. The van der Waals surface area contributed by atoms with E-state index in [1.165, 1.54) is 75.1 Å². The molecule has 0 aliphatic heterocycles. The predicted molar refractivity (Wildman–Crippen MR) is 225 cm³/mol. The molecule has 1 nitrogen and oxygen atoms in total. The minimum atomic E-state index is 1.11. The Labute approximate surface area is 307 Å². The molecule has 2 heteroatoms. The van der Waals surface area contributed by atoms with Gasteiger partial charge in [-0.3, -0.25) is 0 Å². The summed E-state index contributed by atoms with van der Waals surface area (Å²) in [5, 5.41) is 7.76. The van der Waals surface area contributed by atoms with E-state index in [2.05, 4.69) is 205 Å². The predicted octanol–water partition coefficient (Wildman–Crippen LogP) is 14.8. The highest BCUT2D eigenvalue weighted by atomic mass is 32.1. The molecule has 0 radical (unpaired) electrons. The third-order valence-corrected chi connectivity index (χ3v) is 11.5. The summed E-state index contributed by atoms with van der Waals surface area (Å²) in [4.78, 5) is 2.36. The largest absolute Gasteiger partial charge is 0.311 e. The number of rotatable bonds is 6. The van der Waals surface area contributed by atoms with E-state index in [9.17, 15) is 0 Å². The van der Waals surface area contributed by atoms with Crippen LogP contribution in [0.2, 0.25) is 0 Å². The molecule has 0 amide bonds. The van der Waals surface area contributed by atoms with Gasteiger partial charge in [-0.1, -0.05) is 152 Å². The molecule has 10 rings (SSSR count). The summed E-state index contributed by atoms with van der Waals surface area (Å²) >= 11 is 1.89. The number of benzene rings is 9. The Bertz CT molecular complexity index is 2870. The normalized spacial score (nSPS) is 11.5. The zero-order valence-corrected chi connectivity index (χ0v) is 29.2. The van der Waals surface area contributed by atoms with Crippen molar-refractivity contribution in [3.05, 3.63) is 200 Å². The number of anilines is 3. The van der Waals surface area contributed by atoms with Crippen LogP contribution in [0.5, 0.6) is 0 Å². The summed E-state index contributed by atoms with van der Waals surface area (Å²) in [6.07, 6.45) is 0. The minimum absolute atomic E-state index is 1.11. The molecule has 0 spiro atoms. The number of hydrogen-bond donors (Lipinski definition) is 0. The Morgan fingerprint density at radius 1 is 0.327 bits per heavy atom. The van der Waals surface area contributed by atoms with Crippen LogP contribution in [0, 0.1) is 0 Å². The lowest BCUT2D eigenvalue weighted by molar-refractivity contribution is 1.28. The maximum Gasteiger partial charge on any atom is 0.0462 e. The smallest absolute Gasteiger partial charge is 0.0462 e. The third-order valence-electron chi connectivity index (χ3n) is 10.3. The van der Waals surface area contributed by atoms with Crippen molar-refractivity contribution in [2.24, 2.45) is 0 Å². The van der Waals surface area contributed by atoms with E-state index in [-0.39, 0.29) is 0 Å². The molecule has 244 valence electrons. The number of thiophene rings is 1. The molecule has 1 heterocycles. The van der Waals surface area contributed by atoms with Gasteiger partial charge in [0.05, 0.1) is 0 Å². The summed E-state index contributed by atoms with van der Waals surface area (Å²) in [7, 11) is 0. The van der Waals surface area contributed by atoms with Gasteiger partial charge >= 0.3 is 0 Å². The summed E-state index contributed by atoms with van der Waals surface area (Å²) in [5.74, 6) is 0. The maximum atomic E-state index is 2.36. The minimum Gasteiger partial charge on any atom is -0.311 e. The van der Waals surface area contributed by atoms with Crippen LogP contribution in [0.4, 0.5) is 17.1 Å². The maximum absolute atomic E-state index is 2.36. The summed E-state index contributed by atoms with van der Waals surface area (Å²) in [6.45, 7) is 0. The van der Waals surface area contributed by atoms with Crippen LogP contribution in [0.25, 0.3) is 75.1 Å². The molecule has 52 heavy (non-hydrogen) atoms. The zero-order chi connectivity index (χ0) is 34.4. The molecule has 10 aromatic rings. The Balaban J connectivity index is 1.06. The fourth-order valence-corrected chi connectivity index (χ4v) is 8.91. The van der Waals surface area contributed by atoms with Crippen LogP contribution in [0.15, 0.2) is 200 Å². The summed E-state index contributed by atoms with van der Waals surface area (Å²) in [5.41, 5.74) is 10.7. The van der Waals surface area contributed by atoms with Crippen molar-refractivity contribution in [3.63, 3.8) is 0 Å². The van der Waals surface area contributed by atoms with Gasteiger partial charge in [-0.05, 0) is 98.1 Å². The first-order valence-corrected chi connectivity index (χ1v) is 18.6. The molecule has 0 atom stereocenters. The van der Waals surface area contributed by atoms with Crippen molar-refractivity contribution in [2.75, 3.05) is 4.90 Å². The first-order chi connectivity index (χ1) is 25.8. The number of fused-ring (bicyclic) bond motifs is 6. The second kappa shape index (κ2) is 12.7. The van der Waals surface area contributed by atoms with Crippen molar-refractivity contribution < 1.29 is 0 Å². The van der Waals surface area contributed by atoms with Gasteiger partial charge < -0.3 is 4.90 Å². The van der Waals surface area contributed by atoms with Gasteiger partial charge in [0.15, 0.2) is 0 Å². The number of nitrogens with zero attached hydrogens (tertiary/aromatic N) is 1. The fourth-order valence-electron chi connectivity index (χ4n) is 7.64. The topological polar surface area (TPSA) is 3.24 Å². The van der Waals surface area contributed by atoms with Gasteiger partial charge in [-0.15, -0.1) is 11.3 Å². The van der Waals surface area contributed by atoms with Gasteiger partial charge in [0.25, 0.3) is 0 Å². The molecule has 0 saturated heterocycles. The third kappa shape index (κ3) is 5.33. The van der Waals surface area contributed by atoms with Crippen molar-refractivity contribution in [1.82, 2.24) is 0 Å². The molecule has 0 aliphatic carbocycles. The molecular weight excluding hydrogens is 647 g/mol. The number of hydrogen-bond acceptors (Lipinski definition) is 2. The van der Waals surface area contributed by atoms with E-state index in [0.717, 1.165) is 17.1 Å². The summed E-state index contributed by atoms with van der Waals surface area (Å²) in [6, 6.07) is 72.8. The van der Waals surface area contributed by atoms with E-state index in [4.69, 9.17) is 0 Å². The van der Waals surface area contributed by atoms with Crippen molar-refractivity contribution in [3.8, 4) is 33.4 Å². The highest BCUT2D eigenvalue weighted by Crippen LogP contribution is 2.43. The monoisotopic (exact) mass is 679 g/mol. The molecule has 0 unspecified atom stereocenters. The van der Waals surface area contributed by atoms with E-state index in [0.29, 0.717) is 0 Å². The van der Waals surface area contributed by atoms with Crippen LogP contribution in [0.3, 0.4) is 0 Å². The van der Waals surface area contributed by atoms with E-state index >= 15 is 0 Å². The van der Waals surface area contributed by atoms with Crippen LogP contribution >= 0.6 is 11.3 Å². The fraction of sp³-hybridized carbons (Fsp3) is 0. The zero-order valence-electron chi connectivity index (χ0n) is 28.4. The second-order valence-corrected chi connectivity index (χ2v) is 14.4. The first-order valence-electron chi connectivity index (χ1n) is 17.8. The molecule has 0 fully saturated rings. The highest BCUT2D eigenvalue weighted by molar-refractivity contribution is 7.26. The molecular formula is C50H33NS. The quantitative estimate of drug-likeness (QED) is 0.169. The van der Waals surface area contributed by atoms with E-state index in [1.807, 2.05) is 11.3 Å².